The van der Waals surface area contributed by atoms with Gasteiger partial charge in [-0.1, -0.05) is 53.7 Å². The third kappa shape index (κ3) is 5.22. The smallest absolute Gasteiger partial charge is 0.253 e. The van der Waals surface area contributed by atoms with Crippen LogP contribution in [0.25, 0.3) is 0 Å². The largest absolute Gasteiger partial charge is 0.389 e. The molecule has 0 saturated heterocycles. The fourth-order valence-electron chi connectivity index (χ4n) is 4.77. The van der Waals surface area contributed by atoms with E-state index in [9.17, 15) is 9.90 Å². The summed E-state index contributed by atoms with van der Waals surface area (Å²) in [6, 6.07) is 8.72. The zero-order valence-electron chi connectivity index (χ0n) is 22.7. The van der Waals surface area contributed by atoms with Crippen molar-refractivity contribution in [3.8, 4) is 0 Å². The Bertz CT molecular complexity index is 974. The highest BCUT2D eigenvalue weighted by molar-refractivity contribution is 7.12. The molecule has 0 bridgehead atoms. The van der Waals surface area contributed by atoms with E-state index in [4.69, 9.17) is 0 Å². The second kappa shape index (κ2) is 9.92. The van der Waals surface area contributed by atoms with Gasteiger partial charge in [0.2, 0.25) is 0 Å². The maximum Gasteiger partial charge on any atom is 0.253 e. The minimum Gasteiger partial charge on any atom is -0.389 e. The quantitative estimate of drug-likeness (QED) is 0.444. The van der Waals surface area contributed by atoms with Crippen molar-refractivity contribution in [2.45, 2.75) is 92.6 Å². The predicted molar refractivity (Wildman–Crippen MR) is 143 cm³/mol. The lowest BCUT2D eigenvalue weighted by Gasteiger charge is -2.42. The summed E-state index contributed by atoms with van der Waals surface area (Å²) >= 11 is 1.90. The van der Waals surface area contributed by atoms with Crippen molar-refractivity contribution < 1.29 is 9.90 Å². The van der Waals surface area contributed by atoms with Gasteiger partial charge in [-0.3, -0.25) is 4.79 Å². The van der Waals surface area contributed by atoms with Crippen molar-refractivity contribution in [3.63, 3.8) is 0 Å². The molecule has 1 N–H and O–H groups in total. The maximum absolute atomic E-state index is 12.5. The molecule has 1 aromatic carbocycles. The Morgan fingerprint density at radius 1 is 1.03 bits per heavy atom. The Labute approximate surface area is 206 Å². The van der Waals surface area contributed by atoms with Gasteiger partial charge in [0.25, 0.3) is 5.91 Å². The Kier molecular flexibility index (Phi) is 8.29. The number of thiophene rings is 1. The highest BCUT2D eigenvalue weighted by atomic mass is 32.1. The van der Waals surface area contributed by atoms with Crippen LogP contribution in [-0.4, -0.2) is 35.6 Å². The number of benzene rings is 1. The zero-order valence-corrected chi connectivity index (χ0v) is 23.5. The molecule has 184 valence electrons. The zero-order chi connectivity index (χ0) is 25.4. The monoisotopic (exact) mass is 471 g/mol. The summed E-state index contributed by atoms with van der Waals surface area (Å²) in [7, 11) is 3.60. The summed E-state index contributed by atoms with van der Waals surface area (Å²) in [6.07, 6.45) is 2.87. The van der Waals surface area contributed by atoms with Gasteiger partial charge >= 0.3 is 0 Å². The predicted octanol–water partition coefficient (Wildman–Crippen LogP) is 7.15. The second-order valence-electron chi connectivity index (χ2n) is 11.2. The summed E-state index contributed by atoms with van der Waals surface area (Å²) in [5.41, 5.74) is 3.39. The van der Waals surface area contributed by atoms with Crippen molar-refractivity contribution >= 4 is 17.2 Å². The maximum atomic E-state index is 12.5. The Balaban J connectivity index is 2.49. The fourth-order valence-corrected chi connectivity index (χ4v) is 6.42. The van der Waals surface area contributed by atoms with Gasteiger partial charge in [0.15, 0.2) is 0 Å². The van der Waals surface area contributed by atoms with E-state index in [1.54, 1.807) is 19.0 Å². The number of aryl methyl sites for hydroxylation is 2. The summed E-state index contributed by atoms with van der Waals surface area (Å²) < 4.78 is 0. The number of aliphatic hydroxyl groups is 1. The number of amides is 1. The van der Waals surface area contributed by atoms with Crippen molar-refractivity contribution in [1.29, 1.82) is 0 Å². The van der Waals surface area contributed by atoms with E-state index >= 15 is 0 Å². The van der Waals surface area contributed by atoms with Gasteiger partial charge in [-0.15, -0.1) is 11.3 Å². The standard InChI is InChI=1S/C29H45NO2S/c1-12-29(13-2,22-14-15-23(19(3)16-22)26(31)30(10)11)25-17-20(4)24(33-25)18-21(5)28(9,32)27(6,7)8/h14-17,21,32H,12-13,18H2,1-11H3. The molecule has 33 heavy (non-hydrogen) atoms. The molecule has 0 saturated carbocycles. The average molecular weight is 472 g/mol. The Hall–Kier alpha value is -1.65. The summed E-state index contributed by atoms with van der Waals surface area (Å²) in [5.74, 6) is 0.200. The molecule has 0 aliphatic carbocycles. The number of hydrogen-bond donors (Lipinski definition) is 1. The summed E-state index contributed by atoms with van der Waals surface area (Å²) in [4.78, 5) is 16.9. The van der Waals surface area contributed by atoms with Crippen molar-refractivity contribution in [1.82, 2.24) is 4.90 Å². The first-order chi connectivity index (χ1) is 15.1. The molecule has 3 nitrogen and oxygen atoms in total. The Morgan fingerprint density at radius 2 is 1.61 bits per heavy atom. The average Bonchev–Trinajstić information content (AvgIpc) is 3.08. The lowest BCUT2D eigenvalue weighted by molar-refractivity contribution is -0.0834. The van der Waals surface area contributed by atoms with E-state index in [1.165, 1.54) is 20.9 Å². The molecule has 2 rings (SSSR count). The van der Waals surface area contributed by atoms with E-state index in [0.717, 1.165) is 30.4 Å². The minimum absolute atomic E-state index is 0.0480. The number of carbonyl (C=O) groups is 1. The van der Waals surface area contributed by atoms with Crippen LogP contribution in [0.15, 0.2) is 24.3 Å². The molecule has 2 unspecified atom stereocenters. The first-order valence-corrected chi connectivity index (χ1v) is 13.1. The van der Waals surface area contributed by atoms with Crippen molar-refractivity contribution in [2.24, 2.45) is 11.3 Å². The SMILES string of the molecule is CCC(CC)(c1ccc(C(=O)N(C)C)c(C)c1)c1cc(C)c(CC(C)C(C)(O)C(C)(C)C)s1. The van der Waals surface area contributed by atoms with E-state index in [0.29, 0.717) is 0 Å². The van der Waals surface area contributed by atoms with Crippen LogP contribution in [0.1, 0.15) is 98.1 Å². The molecule has 2 aromatic rings. The third-order valence-corrected chi connectivity index (χ3v) is 9.55. The number of carbonyl (C=O) groups excluding carboxylic acids is 1. The van der Waals surface area contributed by atoms with Crippen LogP contribution in [0, 0.1) is 25.2 Å². The second-order valence-corrected chi connectivity index (χ2v) is 12.4. The summed E-state index contributed by atoms with van der Waals surface area (Å²) in [5, 5.41) is 11.2. The third-order valence-electron chi connectivity index (χ3n) is 8.08. The molecular weight excluding hydrogens is 426 g/mol. The molecule has 2 atom stereocenters. The highest BCUT2D eigenvalue weighted by Gasteiger charge is 2.41. The number of rotatable bonds is 8. The molecule has 1 heterocycles. The van der Waals surface area contributed by atoms with Crippen LogP contribution in [0.5, 0.6) is 0 Å². The molecular formula is C29H45NO2S. The van der Waals surface area contributed by atoms with Crippen LogP contribution in [0.2, 0.25) is 0 Å². The van der Waals surface area contributed by atoms with Crippen molar-refractivity contribution in [2.75, 3.05) is 14.1 Å². The van der Waals surface area contributed by atoms with Crippen LogP contribution in [0.3, 0.4) is 0 Å². The van der Waals surface area contributed by atoms with E-state index in [1.807, 2.05) is 31.3 Å². The van der Waals surface area contributed by atoms with Gasteiger partial charge in [0.1, 0.15) is 0 Å². The molecule has 0 radical (unpaired) electrons. The normalized spacial score (nSPS) is 15.3. The van der Waals surface area contributed by atoms with Crippen molar-refractivity contribution in [3.05, 3.63) is 56.3 Å². The summed E-state index contributed by atoms with van der Waals surface area (Å²) in [6.45, 7) is 19.3. The van der Waals surface area contributed by atoms with Gasteiger partial charge in [-0.25, -0.2) is 0 Å². The van der Waals surface area contributed by atoms with Gasteiger partial charge in [-0.2, -0.15) is 0 Å². The van der Waals surface area contributed by atoms with Crippen LogP contribution < -0.4 is 0 Å². The van der Waals surface area contributed by atoms with E-state index < -0.39 is 5.60 Å². The lowest BCUT2D eigenvalue weighted by Crippen LogP contribution is -2.46. The molecule has 0 aliphatic rings. The van der Waals surface area contributed by atoms with Crippen LogP contribution >= 0.6 is 11.3 Å². The van der Waals surface area contributed by atoms with Gasteiger partial charge < -0.3 is 10.0 Å². The fraction of sp³-hybridized carbons (Fsp3) is 0.621. The first-order valence-electron chi connectivity index (χ1n) is 12.3. The molecule has 0 aliphatic heterocycles. The first kappa shape index (κ1) is 27.6. The Morgan fingerprint density at radius 3 is 2.06 bits per heavy atom. The van der Waals surface area contributed by atoms with Gasteiger partial charge in [0.05, 0.1) is 5.60 Å². The minimum atomic E-state index is -0.748. The topological polar surface area (TPSA) is 40.5 Å². The number of hydrogen-bond acceptors (Lipinski definition) is 3. The molecule has 0 fully saturated rings. The van der Waals surface area contributed by atoms with E-state index in [2.05, 4.69) is 66.7 Å². The van der Waals surface area contributed by atoms with E-state index in [-0.39, 0.29) is 22.7 Å². The van der Waals surface area contributed by atoms with Crippen LogP contribution in [0.4, 0.5) is 0 Å². The molecule has 0 spiro atoms. The van der Waals surface area contributed by atoms with Crippen LogP contribution in [-0.2, 0) is 11.8 Å². The highest BCUT2D eigenvalue weighted by Crippen LogP contribution is 2.45. The number of nitrogens with zero attached hydrogens (tertiary/aromatic N) is 1. The lowest BCUT2D eigenvalue weighted by atomic mass is 9.69. The van der Waals surface area contributed by atoms with Gasteiger partial charge in [-0.05, 0) is 80.2 Å². The molecule has 1 amide bonds. The molecule has 1 aromatic heterocycles. The molecule has 4 heteroatoms. The van der Waals surface area contributed by atoms with Gasteiger partial charge in [0, 0.05) is 34.8 Å².